The van der Waals surface area contributed by atoms with Crippen LogP contribution in [0.4, 0.5) is 0 Å². The van der Waals surface area contributed by atoms with Gasteiger partial charge >= 0.3 is 5.97 Å². The Hall–Kier alpha value is -4.10. The van der Waals surface area contributed by atoms with Crippen molar-refractivity contribution in [2.45, 2.75) is 40.2 Å². The van der Waals surface area contributed by atoms with Gasteiger partial charge in [-0.3, -0.25) is 0 Å². The SMILES string of the molecule is CC(C)(C)C1C/C(=C\c2cccs2)c2nc3ccccc3c(C(=O)OCc3nnc(-c4ccccc4)o3)c2C1. The Labute approximate surface area is 231 Å². The second-order valence-electron chi connectivity index (χ2n) is 10.9. The summed E-state index contributed by atoms with van der Waals surface area (Å²) in [4.78, 5) is 20.1. The van der Waals surface area contributed by atoms with Crippen LogP contribution >= 0.6 is 11.3 Å². The van der Waals surface area contributed by atoms with Crippen molar-refractivity contribution in [1.29, 1.82) is 0 Å². The third-order valence-electron chi connectivity index (χ3n) is 7.32. The molecule has 5 aromatic rings. The number of hydrogen-bond donors (Lipinski definition) is 0. The summed E-state index contributed by atoms with van der Waals surface area (Å²) in [6.07, 6.45) is 3.88. The number of fused-ring (bicyclic) bond motifs is 2. The molecule has 1 atom stereocenters. The van der Waals surface area contributed by atoms with E-state index >= 15 is 0 Å². The lowest BCUT2D eigenvalue weighted by atomic mass is 9.69. The van der Waals surface area contributed by atoms with Crippen molar-refractivity contribution in [3.05, 3.63) is 99.7 Å². The normalized spacial score (nSPS) is 16.4. The Morgan fingerprint density at radius 3 is 2.59 bits per heavy atom. The van der Waals surface area contributed by atoms with Crippen LogP contribution in [0.1, 0.15) is 59.6 Å². The van der Waals surface area contributed by atoms with Crippen LogP contribution in [0.3, 0.4) is 0 Å². The van der Waals surface area contributed by atoms with Gasteiger partial charge in [0.1, 0.15) is 0 Å². The molecule has 1 unspecified atom stereocenters. The third kappa shape index (κ3) is 5.14. The fraction of sp³-hybridized carbons (Fsp3) is 0.250. The number of carbonyl (C=O) groups is 1. The van der Waals surface area contributed by atoms with Crippen LogP contribution in [0, 0.1) is 11.3 Å². The highest BCUT2D eigenvalue weighted by atomic mass is 32.1. The molecule has 0 spiro atoms. The number of aromatic nitrogens is 3. The summed E-state index contributed by atoms with van der Waals surface area (Å²) in [6.45, 7) is 6.68. The molecule has 0 fully saturated rings. The maximum absolute atomic E-state index is 13.8. The number of nitrogens with zero attached hydrogens (tertiary/aromatic N) is 3. The van der Waals surface area contributed by atoms with Crippen LogP contribution in [0.15, 0.2) is 76.5 Å². The van der Waals surface area contributed by atoms with Crippen molar-refractivity contribution in [1.82, 2.24) is 15.2 Å². The van der Waals surface area contributed by atoms with Crippen LogP contribution in [-0.2, 0) is 17.8 Å². The molecule has 0 saturated carbocycles. The molecular formula is C32H29N3O3S. The van der Waals surface area contributed by atoms with Crippen molar-refractivity contribution in [3.63, 3.8) is 0 Å². The van der Waals surface area contributed by atoms with Gasteiger partial charge < -0.3 is 9.15 Å². The van der Waals surface area contributed by atoms with Crippen LogP contribution < -0.4 is 0 Å². The van der Waals surface area contributed by atoms with Gasteiger partial charge in [-0.1, -0.05) is 63.2 Å². The number of hydrogen-bond acceptors (Lipinski definition) is 7. The molecule has 0 radical (unpaired) electrons. The van der Waals surface area contributed by atoms with E-state index in [1.54, 1.807) is 11.3 Å². The predicted octanol–water partition coefficient (Wildman–Crippen LogP) is 7.85. The average molecular weight is 536 g/mol. The van der Waals surface area contributed by atoms with E-state index in [0.717, 1.165) is 46.1 Å². The zero-order valence-electron chi connectivity index (χ0n) is 22.2. The quantitative estimate of drug-likeness (QED) is 0.213. The van der Waals surface area contributed by atoms with E-state index in [0.29, 0.717) is 17.4 Å². The van der Waals surface area contributed by atoms with Crippen molar-refractivity contribution in [2.24, 2.45) is 11.3 Å². The number of allylic oxidation sites excluding steroid dienone is 1. The number of pyridine rings is 1. The Balaban J connectivity index is 1.39. The van der Waals surface area contributed by atoms with Gasteiger partial charge in [0.05, 0.1) is 16.8 Å². The van der Waals surface area contributed by atoms with Gasteiger partial charge in [0.2, 0.25) is 5.89 Å². The lowest BCUT2D eigenvalue weighted by Crippen LogP contribution is -2.28. The summed E-state index contributed by atoms with van der Waals surface area (Å²) < 4.78 is 11.6. The molecule has 0 aliphatic heterocycles. The minimum atomic E-state index is -0.408. The lowest BCUT2D eigenvalue weighted by Gasteiger charge is -2.36. The number of esters is 1. The van der Waals surface area contributed by atoms with Crippen molar-refractivity contribution < 1.29 is 13.9 Å². The molecule has 6 rings (SSSR count). The van der Waals surface area contributed by atoms with E-state index in [4.69, 9.17) is 14.1 Å². The molecule has 196 valence electrons. The molecule has 3 aromatic heterocycles. The summed E-state index contributed by atoms with van der Waals surface area (Å²) in [5, 5.41) is 11.1. The first kappa shape index (κ1) is 25.2. The van der Waals surface area contributed by atoms with Crippen molar-refractivity contribution in [3.8, 4) is 11.5 Å². The predicted molar refractivity (Wildman–Crippen MR) is 154 cm³/mol. The minimum Gasteiger partial charge on any atom is -0.452 e. The van der Waals surface area contributed by atoms with Crippen LogP contribution in [0.2, 0.25) is 0 Å². The number of benzene rings is 2. The van der Waals surface area contributed by atoms with E-state index in [1.165, 1.54) is 4.88 Å². The number of para-hydroxylation sites is 1. The second kappa shape index (κ2) is 10.2. The van der Waals surface area contributed by atoms with Crippen molar-refractivity contribution in [2.75, 3.05) is 0 Å². The van der Waals surface area contributed by atoms with Crippen LogP contribution in [-0.4, -0.2) is 21.2 Å². The smallest absolute Gasteiger partial charge is 0.339 e. The molecular weight excluding hydrogens is 506 g/mol. The van der Waals surface area contributed by atoms with Gasteiger partial charge in [-0.25, -0.2) is 9.78 Å². The number of ether oxygens (including phenoxy) is 1. The van der Waals surface area contributed by atoms with E-state index in [-0.39, 0.29) is 17.9 Å². The minimum absolute atomic E-state index is 0.0522. The lowest BCUT2D eigenvalue weighted by molar-refractivity contribution is 0.0438. The van der Waals surface area contributed by atoms with Gasteiger partial charge in [-0.15, -0.1) is 21.5 Å². The molecule has 7 heteroatoms. The number of thiophene rings is 1. The molecule has 0 saturated heterocycles. The van der Waals surface area contributed by atoms with Crippen LogP contribution in [0.5, 0.6) is 0 Å². The van der Waals surface area contributed by atoms with Crippen LogP contribution in [0.25, 0.3) is 34.0 Å². The van der Waals surface area contributed by atoms with Gasteiger partial charge in [0.25, 0.3) is 5.89 Å². The highest BCUT2D eigenvalue weighted by Crippen LogP contribution is 2.45. The Morgan fingerprint density at radius 2 is 1.82 bits per heavy atom. The van der Waals surface area contributed by atoms with Gasteiger partial charge in [0, 0.05) is 15.8 Å². The van der Waals surface area contributed by atoms with Crippen molar-refractivity contribution >= 4 is 39.9 Å². The molecule has 39 heavy (non-hydrogen) atoms. The molecule has 0 amide bonds. The summed E-state index contributed by atoms with van der Waals surface area (Å²) >= 11 is 1.70. The van der Waals surface area contributed by atoms with E-state index in [1.807, 2.05) is 54.6 Å². The second-order valence-corrected chi connectivity index (χ2v) is 11.9. The Morgan fingerprint density at radius 1 is 1.03 bits per heavy atom. The Kier molecular flexibility index (Phi) is 6.61. The molecule has 1 aliphatic carbocycles. The monoisotopic (exact) mass is 535 g/mol. The molecule has 2 aromatic carbocycles. The topological polar surface area (TPSA) is 78.1 Å². The van der Waals surface area contributed by atoms with Gasteiger partial charge in [0.15, 0.2) is 6.61 Å². The number of rotatable bonds is 5. The molecule has 3 heterocycles. The zero-order valence-corrected chi connectivity index (χ0v) is 23.0. The van der Waals surface area contributed by atoms with E-state index in [9.17, 15) is 4.79 Å². The largest absolute Gasteiger partial charge is 0.452 e. The fourth-order valence-corrected chi connectivity index (χ4v) is 5.80. The standard InChI is InChI=1S/C32H29N3O3S/c1-32(2,3)22-16-21(17-23-12-9-15-39-23)29-25(18-22)28(24-13-7-8-14-26(24)33-29)31(36)37-19-27-34-35-30(38-27)20-10-5-4-6-11-20/h4-15,17,22H,16,18-19H2,1-3H3/b21-17+. The summed E-state index contributed by atoms with van der Waals surface area (Å²) in [5.41, 5.74) is 5.21. The highest BCUT2D eigenvalue weighted by Gasteiger charge is 2.35. The molecule has 0 N–H and O–H groups in total. The summed E-state index contributed by atoms with van der Waals surface area (Å²) in [6, 6.07) is 21.5. The molecule has 6 nitrogen and oxygen atoms in total. The first-order valence-corrected chi connectivity index (χ1v) is 14.0. The third-order valence-corrected chi connectivity index (χ3v) is 8.14. The first-order chi connectivity index (χ1) is 18.9. The maximum atomic E-state index is 13.8. The molecule has 1 aliphatic rings. The Bertz CT molecular complexity index is 1660. The average Bonchev–Trinajstić information content (AvgIpc) is 3.63. The fourth-order valence-electron chi connectivity index (χ4n) is 5.12. The highest BCUT2D eigenvalue weighted by molar-refractivity contribution is 7.10. The maximum Gasteiger partial charge on any atom is 0.339 e. The van der Waals surface area contributed by atoms with E-state index in [2.05, 4.69) is 54.6 Å². The van der Waals surface area contributed by atoms with Gasteiger partial charge in [-0.2, -0.15) is 0 Å². The number of carbonyl (C=O) groups excluding carboxylic acids is 1. The molecule has 0 bridgehead atoms. The van der Waals surface area contributed by atoms with Gasteiger partial charge in [-0.05, 0) is 71.0 Å². The summed E-state index contributed by atoms with van der Waals surface area (Å²) in [7, 11) is 0. The zero-order chi connectivity index (χ0) is 27.0. The first-order valence-electron chi connectivity index (χ1n) is 13.1. The van der Waals surface area contributed by atoms with E-state index < -0.39 is 5.97 Å². The summed E-state index contributed by atoms with van der Waals surface area (Å²) in [5.74, 6) is 0.578.